The average molecular weight is 324 g/mol. The number of nitrogens with zero attached hydrogens (tertiary/aromatic N) is 2. The summed E-state index contributed by atoms with van der Waals surface area (Å²) in [4.78, 5) is 23.2. The Hall–Kier alpha value is -3.48. The van der Waals surface area contributed by atoms with E-state index in [1.165, 1.54) is 47.4 Å². The Morgan fingerprint density at radius 3 is 2.38 bits per heavy atom. The largest absolute Gasteiger partial charge is 0.366 e. The minimum absolute atomic E-state index is 0.281. The third kappa shape index (κ3) is 3.14. The predicted octanol–water partition coefficient (Wildman–Crippen LogP) is 2.36. The van der Waals surface area contributed by atoms with Crippen LogP contribution < -0.4 is 11.1 Å². The first-order valence-corrected chi connectivity index (χ1v) is 7.05. The van der Waals surface area contributed by atoms with E-state index in [1.807, 2.05) is 0 Å². The van der Waals surface area contributed by atoms with Gasteiger partial charge in [0.1, 0.15) is 11.5 Å². The van der Waals surface area contributed by atoms with E-state index in [0.717, 1.165) is 0 Å². The van der Waals surface area contributed by atoms with Crippen molar-refractivity contribution in [1.82, 2.24) is 9.78 Å². The molecule has 0 aliphatic heterocycles. The average Bonchev–Trinajstić information content (AvgIpc) is 3.03. The molecule has 0 radical (unpaired) electrons. The number of carbonyl (C=O) groups excluding carboxylic acids is 2. The van der Waals surface area contributed by atoms with Crippen molar-refractivity contribution in [3.05, 3.63) is 77.9 Å². The second kappa shape index (κ2) is 6.33. The molecule has 3 aromatic rings. The zero-order valence-corrected chi connectivity index (χ0v) is 12.4. The topological polar surface area (TPSA) is 90.0 Å². The molecule has 3 rings (SSSR count). The van der Waals surface area contributed by atoms with Crippen LogP contribution in [0.15, 0.2) is 60.9 Å². The molecule has 2 aromatic carbocycles. The maximum Gasteiger partial charge on any atom is 0.255 e. The zero-order valence-electron chi connectivity index (χ0n) is 12.4. The van der Waals surface area contributed by atoms with Gasteiger partial charge in [-0.1, -0.05) is 12.1 Å². The first kappa shape index (κ1) is 15.4. The van der Waals surface area contributed by atoms with Crippen molar-refractivity contribution < 1.29 is 14.0 Å². The fourth-order valence-corrected chi connectivity index (χ4v) is 2.15. The Morgan fingerprint density at radius 1 is 1.04 bits per heavy atom. The van der Waals surface area contributed by atoms with E-state index in [2.05, 4.69) is 10.4 Å². The summed E-state index contributed by atoms with van der Waals surface area (Å²) in [6.07, 6.45) is 2.93. The highest BCUT2D eigenvalue weighted by atomic mass is 19.1. The Morgan fingerprint density at radius 2 is 1.71 bits per heavy atom. The molecule has 0 unspecified atom stereocenters. The summed E-state index contributed by atoms with van der Waals surface area (Å²) in [5, 5.41) is 6.69. The molecule has 0 saturated heterocycles. The summed E-state index contributed by atoms with van der Waals surface area (Å²) in [6.45, 7) is 0. The molecule has 2 amide bonds. The quantitative estimate of drug-likeness (QED) is 0.772. The van der Waals surface area contributed by atoms with Crippen LogP contribution in [0, 0.1) is 5.82 Å². The number of carbonyl (C=O) groups is 2. The number of primary amides is 1. The lowest BCUT2D eigenvalue weighted by Crippen LogP contribution is -2.13. The number of halogens is 1. The van der Waals surface area contributed by atoms with Crippen LogP contribution in [0.4, 0.5) is 10.1 Å². The standard InChI is InChI=1S/C17H13FN4O2/c18-14-3-1-2-4-15(14)22-10-13(9-20-22)21-17(24)12-7-5-11(6-8-12)16(19)23/h1-10H,(H2,19,23)(H,21,24). The lowest BCUT2D eigenvalue weighted by Gasteiger charge is -2.04. The molecule has 120 valence electrons. The highest BCUT2D eigenvalue weighted by molar-refractivity contribution is 6.04. The van der Waals surface area contributed by atoms with Gasteiger partial charge < -0.3 is 11.1 Å². The van der Waals surface area contributed by atoms with E-state index < -0.39 is 11.7 Å². The molecule has 1 heterocycles. The SMILES string of the molecule is NC(=O)c1ccc(C(=O)Nc2cnn(-c3ccccc3F)c2)cc1. The van der Waals surface area contributed by atoms with E-state index in [-0.39, 0.29) is 11.6 Å². The van der Waals surface area contributed by atoms with Crippen LogP contribution in [0.1, 0.15) is 20.7 Å². The van der Waals surface area contributed by atoms with Crippen molar-refractivity contribution in [2.45, 2.75) is 0 Å². The minimum atomic E-state index is -0.562. The maximum absolute atomic E-state index is 13.7. The number of benzene rings is 2. The maximum atomic E-state index is 13.7. The van der Waals surface area contributed by atoms with Crippen molar-refractivity contribution in [2.24, 2.45) is 5.73 Å². The van der Waals surface area contributed by atoms with Crippen LogP contribution in [0.5, 0.6) is 0 Å². The molecule has 0 saturated carbocycles. The van der Waals surface area contributed by atoms with Crippen molar-refractivity contribution in [3.63, 3.8) is 0 Å². The second-order valence-electron chi connectivity index (χ2n) is 5.02. The van der Waals surface area contributed by atoms with Gasteiger partial charge in [-0.25, -0.2) is 9.07 Å². The normalized spacial score (nSPS) is 10.4. The van der Waals surface area contributed by atoms with E-state index in [4.69, 9.17) is 5.73 Å². The number of aromatic nitrogens is 2. The first-order chi connectivity index (χ1) is 11.5. The highest BCUT2D eigenvalue weighted by Crippen LogP contribution is 2.15. The van der Waals surface area contributed by atoms with E-state index in [1.54, 1.807) is 18.2 Å². The van der Waals surface area contributed by atoms with E-state index >= 15 is 0 Å². The van der Waals surface area contributed by atoms with Gasteiger partial charge in [-0.05, 0) is 36.4 Å². The number of rotatable bonds is 4. The Labute approximate surface area is 136 Å². The molecular weight excluding hydrogens is 311 g/mol. The Balaban J connectivity index is 1.76. The van der Waals surface area contributed by atoms with Gasteiger partial charge in [-0.3, -0.25) is 9.59 Å². The van der Waals surface area contributed by atoms with Crippen molar-refractivity contribution >= 4 is 17.5 Å². The van der Waals surface area contributed by atoms with Crippen LogP contribution in [-0.2, 0) is 0 Å². The summed E-state index contributed by atoms with van der Waals surface area (Å²) in [5.41, 5.74) is 6.53. The summed E-state index contributed by atoms with van der Waals surface area (Å²) >= 11 is 0. The molecule has 0 fully saturated rings. The van der Waals surface area contributed by atoms with Gasteiger partial charge in [0, 0.05) is 11.1 Å². The lowest BCUT2D eigenvalue weighted by atomic mass is 10.1. The molecule has 0 bridgehead atoms. The van der Waals surface area contributed by atoms with Crippen LogP contribution in [0.2, 0.25) is 0 Å². The number of nitrogens with two attached hydrogens (primary N) is 1. The molecule has 24 heavy (non-hydrogen) atoms. The molecule has 3 N–H and O–H groups in total. The molecule has 0 aliphatic carbocycles. The van der Waals surface area contributed by atoms with Crippen molar-refractivity contribution in [1.29, 1.82) is 0 Å². The number of nitrogens with one attached hydrogen (secondary N) is 1. The molecule has 1 aromatic heterocycles. The monoisotopic (exact) mass is 324 g/mol. The molecule has 6 nitrogen and oxygen atoms in total. The molecule has 0 aliphatic rings. The number of hydrogen-bond donors (Lipinski definition) is 2. The predicted molar refractivity (Wildman–Crippen MR) is 86.4 cm³/mol. The smallest absolute Gasteiger partial charge is 0.255 e. The van der Waals surface area contributed by atoms with Gasteiger partial charge in [0.15, 0.2) is 0 Å². The Kier molecular flexibility index (Phi) is 4.07. The lowest BCUT2D eigenvalue weighted by molar-refractivity contribution is 0.0995. The summed E-state index contributed by atoms with van der Waals surface area (Å²) in [6, 6.07) is 12.1. The number of amides is 2. The molecule has 7 heteroatoms. The summed E-state index contributed by atoms with van der Waals surface area (Å²) < 4.78 is 15.1. The highest BCUT2D eigenvalue weighted by Gasteiger charge is 2.10. The van der Waals surface area contributed by atoms with Crippen LogP contribution in [-0.4, -0.2) is 21.6 Å². The van der Waals surface area contributed by atoms with Gasteiger partial charge in [0.25, 0.3) is 5.91 Å². The van der Waals surface area contributed by atoms with E-state index in [9.17, 15) is 14.0 Å². The number of para-hydroxylation sites is 1. The molecular formula is C17H13FN4O2. The van der Waals surface area contributed by atoms with Crippen LogP contribution in [0.3, 0.4) is 0 Å². The van der Waals surface area contributed by atoms with Gasteiger partial charge in [-0.2, -0.15) is 5.10 Å². The van der Waals surface area contributed by atoms with Crippen molar-refractivity contribution in [3.8, 4) is 5.69 Å². The van der Waals surface area contributed by atoms with E-state index in [0.29, 0.717) is 16.8 Å². The third-order valence-electron chi connectivity index (χ3n) is 3.37. The summed E-state index contributed by atoms with van der Waals surface area (Å²) in [7, 11) is 0. The third-order valence-corrected chi connectivity index (χ3v) is 3.37. The van der Waals surface area contributed by atoms with Crippen LogP contribution in [0.25, 0.3) is 5.69 Å². The second-order valence-corrected chi connectivity index (χ2v) is 5.02. The first-order valence-electron chi connectivity index (χ1n) is 7.05. The fourth-order valence-electron chi connectivity index (χ4n) is 2.15. The van der Waals surface area contributed by atoms with Gasteiger partial charge >= 0.3 is 0 Å². The number of hydrogen-bond acceptors (Lipinski definition) is 3. The van der Waals surface area contributed by atoms with Gasteiger partial charge in [-0.15, -0.1) is 0 Å². The van der Waals surface area contributed by atoms with Gasteiger partial charge in [0.2, 0.25) is 5.91 Å². The summed E-state index contributed by atoms with van der Waals surface area (Å²) in [5.74, 6) is -1.35. The van der Waals surface area contributed by atoms with Gasteiger partial charge in [0.05, 0.1) is 18.1 Å². The fraction of sp³-hybridized carbons (Fsp3) is 0. The Bertz CT molecular complexity index is 903. The van der Waals surface area contributed by atoms with Crippen molar-refractivity contribution in [2.75, 3.05) is 5.32 Å². The molecule has 0 spiro atoms. The number of anilines is 1. The minimum Gasteiger partial charge on any atom is -0.366 e. The van der Waals surface area contributed by atoms with Crippen LogP contribution >= 0.6 is 0 Å². The zero-order chi connectivity index (χ0) is 17.1. The molecule has 0 atom stereocenters.